The second kappa shape index (κ2) is 8.47. The molecule has 168 valence electrons. The van der Waals surface area contributed by atoms with Crippen LogP contribution in [-0.4, -0.2) is 34.5 Å². The van der Waals surface area contributed by atoms with Gasteiger partial charge in [-0.2, -0.15) is 5.26 Å². The fraction of sp³-hybridized carbons (Fsp3) is 0.346. The van der Waals surface area contributed by atoms with E-state index >= 15 is 0 Å². The molecule has 1 aromatic carbocycles. The predicted octanol–water partition coefficient (Wildman–Crippen LogP) is 4.51. The van der Waals surface area contributed by atoms with Crippen LogP contribution in [0.25, 0.3) is 5.69 Å². The smallest absolute Gasteiger partial charge is 0.257 e. The molecule has 1 amide bonds. The standard InChI is InChI=1S/C26H26N4O3/c1-19-4-2-3-5-22(19)30-13-8-20(17-30)24(31)29-21-6-7-23(28-16-21)25(18-27)9-11-26(12-10-25)32-14-15-33-26/h2-8,13,16-17H,9-12,14-15H2,1H3,(H,29,31). The summed E-state index contributed by atoms with van der Waals surface area (Å²) < 4.78 is 13.5. The highest BCUT2D eigenvalue weighted by molar-refractivity contribution is 6.04. The predicted molar refractivity (Wildman–Crippen MR) is 123 cm³/mol. The normalized spacial score (nSPS) is 18.7. The maximum atomic E-state index is 12.8. The summed E-state index contributed by atoms with van der Waals surface area (Å²) >= 11 is 0. The Labute approximate surface area is 193 Å². The minimum absolute atomic E-state index is 0.206. The summed E-state index contributed by atoms with van der Waals surface area (Å²) in [6.07, 6.45) is 7.94. The van der Waals surface area contributed by atoms with E-state index in [1.165, 1.54) is 0 Å². The topological polar surface area (TPSA) is 89.2 Å². The van der Waals surface area contributed by atoms with Gasteiger partial charge in [-0.05, 0) is 49.6 Å². The highest BCUT2D eigenvalue weighted by Crippen LogP contribution is 2.45. The number of hydrogen-bond donors (Lipinski definition) is 1. The molecular weight excluding hydrogens is 416 g/mol. The summed E-state index contributed by atoms with van der Waals surface area (Å²) in [5.74, 6) is -0.731. The summed E-state index contributed by atoms with van der Waals surface area (Å²) in [6, 6.07) is 15.9. The Kier molecular flexibility index (Phi) is 5.49. The minimum atomic E-state index is -0.659. The molecule has 3 heterocycles. The van der Waals surface area contributed by atoms with Crippen molar-refractivity contribution in [3.63, 3.8) is 0 Å². The third-order valence-electron chi connectivity index (χ3n) is 6.75. The summed E-state index contributed by atoms with van der Waals surface area (Å²) in [5, 5.41) is 12.9. The monoisotopic (exact) mass is 442 g/mol. The number of hydrogen-bond acceptors (Lipinski definition) is 5. The first kappa shape index (κ1) is 21.4. The van der Waals surface area contributed by atoms with Crippen LogP contribution in [0.4, 0.5) is 5.69 Å². The van der Waals surface area contributed by atoms with Gasteiger partial charge in [0.15, 0.2) is 5.79 Å². The number of rotatable bonds is 4. The molecule has 0 bridgehead atoms. The van der Waals surface area contributed by atoms with Gasteiger partial charge >= 0.3 is 0 Å². The highest BCUT2D eigenvalue weighted by Gasteiger charge is 2.48. The summed E-state index contributed by atoms with van der Waals surface area (Å²) in [6.45, 7) is 3.26. The Bertz CT molecular complexity index is 1190. The fourth-order valence-corrected chi connectivity index (χ4v) is 4.76. The summed E-state index contributed by atoms with van der Waals surface area (Å²) in [5.41, 5.74) is 3.38. The zero-order valence-electron chi connectivity index (χ0n) is 18.6. The van der Waals surface area contributed by atoms with Crippen molar-refractivity contribution in [2.75, 3.05) is 18.5 Å². The average Bonchev–Trinajstić information content (AvgIpc) is 3.51. The first-order valence-electron chi connectivity index (χ1n) is 11.2. The minimum Gasteiger partial charge on any atom is -0.348 e. The second-order valence-corrected chi connectivity index (χ2v) is 8.78. The van der Waals surface area contributed by atoms with Crippen LogP contribution in [-0.2, 0) is 14.9 Å². The van der Waals surface area contributed by atoms with Crippen molar-refractivity contribution in [1.29, 1.82) is 5.26 Å². The fourth-order valence-electron chi connectivity index (χ4n) is 4.76. The average molecular weight is 443 g/mol. The largest absolute Gasteiger partial charge is 0.348 e. The molecule has 5 rings (SSSR count). The molecule has 1 saturated heterocycles. The number of amides is 1. The molecule has 1 N–H and O–H groups in total. The lowest BCUT2D eigenvalue weighted by Crippen LogP contribution is -2.41. The number of benzene rings is 1. The molecule has 1 saturated carbocycles. The Hall–Kier alpha value is -3.47. The van der Waals surface area contributed by atoms with E-state index in [0.29, 0.717) is 50.1 Å². The second-order valence-electron chi connectivity index (χ2n) is 8.78. The lowest BCUT2D eigenvalue weighted by Gasteiger charge is -2.39. The van der Waals surface area contributed by atoms with Crippen LogP contribution in [0.5, 0.6) is 0 Å². The molecule has 0 atom stereocenters. The summed E-state index contributed by atoms with van der Waals surface area (Å²) in [4.78, 5) is 17.3. The van der Waals surface area contributed by atoms with Crippen LogP contribution in [0.15, 0.2) is 61.1 Å². The third-order valence-corrected chi connectivity index (χ3v) is 6.75. The van der Waals surface area contributed by atoms with Crippen molar-refractivity contribution >= 4 is 11.6 Å². The van der Waals surface area contributed by atoms with Gasteiger partial charge in [-0.15, -0.1) is 0 Å². The Balaban J connectivity index is 1.27. The number of pyridine rings is 1. The molecule has 1 aliphatic carbocycles. The van der Waals surface area contributed by atoms with Gasteiger partial charge in [0.05, 0.1) is 47.8 Å². The van der Waals surface area contributed by atoms with Crippen molar-refractivity contribution in [2.45, 2.75) is 43.8 Å². The van der Waals surface area contributed by atoms with Crippen LogP contribution in [0.2, 0.25) is 0 Å². The SMILES string of the molecule is Cc1ccccc1-n1ccc(C(=O)Nc2ccc(C3(C#N)CCC4(CC3)OCCO4)nc2)c1. The number of anilines is 1. The van der Waals surface area contributed by atoms with E-state index in [9.17, 15) is 10.1 Å². The van der Waals surface area contributed by atoms with Gasteiger partial charge in [0, 0.05) is 30.9 Å². The molecule has 1 spiro atoms. The number of aryl methyl sites for hydroxylation is 1. The number of aromatic nitrogens is 2. The van der Waals surface area contributed by atoms with Crippen molar-refractivity contribution in [3.05, 3.63) is 77.9 Å². The molecule has 2 fully saturated rings. The zero-order chi connectivity index (χ0) is 22.9. The maximum Gasteiger partial charge on any atom is 0.257 e. The molecule has 7 nitrogen and oxygen atoms in total. The van der Waals surface area contributed by atoms with Crippen molar-refractivity contribution in [3.8, 4) is 11.8 Å². The number of nitrogens with zero attached hydrogens (tertiary/aromatic N) is 3. The van der Waals surface area contributed by atoms with Gasteiger partial charge < -0.3 is 19.4 Å². The Morgan fingerprint density at radius 1 is 1.09 bits per heavy atom. The molecular formula is C26H26N4O3. The maximum absolute atomic E-state index is 12.8. The van der Waals surface area contributed by atoms with Crippen LogP contribution < -0.4 is 5.32 Å². The zero-order valence-corrected chi connectivity index (χ0v) is 18.6. The van der Waals surface area contributed by atoms with E-state index in [-0.39, 0.29) is 5.91 Å². The van der Waals surface area contributed by atoms with Crippen LogP contribution >= 0.6 is 0 Å². The molecule has 3 aromatic rings. The molecule has 33 heavy (non-hydrogen) atoms. The molecule has 0 unspecified atom stereocenters. The van der Waals surface area contributed by atoms with E-state index in [4.69, 9.17) is 9.47 Å². The number of nitrogens with one attached hydrogen (secondary N) is 1. The van der Waals surface area contributed by atoms with Gasteiger partial charge in [-0.1, -0.05) is 18.2 Å². The molecule has 2 aromatic heterocycles. The molecule has 7 heteroatoms. The van der Waals surface area contributed by atoms with E-state index in [1.807, 2.05) is 60.3 Å². The first-order valence-corrected chi connectivity index (χ1v) is 11.2. The van der Waals surface area contributed by atoms with Gasteiger partial charge in [0.2, 0.25) is 0 Å². The quantitative estimate of drug-likeness (QED) is 0.642. The van der Waals surface area contributed by atoms with Crippen molar-refractivity contribution in [2.24, 2.45) is 0 Å². The lowest BCUT2D eigenvalue weighted by atomic mass is 9.70. The Morgan fingerprint density at radius 3 is 2.52 bits per heavy atom. The van der Waals surface area contributed by atoms with Gasteiger partial charge in [0.1, 0.15) is 0 Å². The Morgan fingerprint density at radius 2 is 1.85 bits per heavy atom. The van der Waals surface area contributed by atoms with E-state index in [1.54, 1.807) is 12.3 Å². The third kappa shape index (κ3) is 4.04. The molecule has 2 aliphatic rings. The summed E-state index contributed by atoms with van der Waals surface area (Å²) in [7, 11) is 0. The van der Waals surface area contributed by atoms with Gasteiger partial charge in [0.25, 0.3) is 5.91 Å². The van der Waals surface area contributed by atoms with E-state index < -0.39 is 11.2 Å². The molecule has 1 aliphatic heterocycles. The van der Waals surface area contributed by atoms with Gasteiger partial charge in [-0.25, -0.2) is 0 Å². The lowest BCUT2D eigenvalue weighted by molar-refractivity contribution is -0.182. The highest BCUT2D eigenvalue weighted by atomic mass is 16.7. The number of ether oxygens (including phenoxy) is 2. The number of para-hydroxylation sites is 1. The van der Waals surface area contributed by atoms with E-state index in [2.05, 4.69) is 16.4 Å². The van der Waals surface area contributed by atoms with Crippen LogP contribution in [0.1, 0.15) is 47.3 Å². The first-order chi connectivity index (χ1) is 16.0. The van der Waals surface area contributed by atoms with Crippen molar-refractivity contribution in [1.82, 2.24) is 9.55 Å². The van der Waals surface area contributed by atoms with Crippen molar-refractivity contribution < 1.29 is 14.3 Å². The molecule has 0 radical (unpaired) electrons. The van der Waals surface area contributed by atoms with Crippen LogP contribution in [0, 0.1) is 18.3 Å². The number of carbonyl (C=O) groups excluding carboxylic acids is 1. The number of carbonyl (C=O) groups is 1. The van der Waals surface area contributed by atoms with Crippen LogP contribution in [0.3, 0.4) is 0 Å². The van der Waals surface area contributed by atoms with Gasteiger partial charge in [-0.3, -0.25) is 9.78 Å². The van der Waals surface area contributed by atoms with E-state index in [0.717, 1.165) is 16.9 Å². The number of nitriles is 1.